The second-order valence-electron chi connectivity index (χ2n) is 5.57. The number of carbonyl (C=O) groups excluding carboxylic acids is 1. The summed E-state index contributed by atoms with van der Waals surface area (Å²) in [6.07, 6.45) is 4.57. The van der Waals surface area contributed by atoms with Crippen molar-refractivity contribution in [2.24, 2.45) is 5.16 Å². The summed E-state index contributed by atoms with van der Waals surface area (Å²) in [5.74, 6) is -0.182. The number of amides is 1. The first kappa shape index (κ1) is 16.0. The Kier molecular flexibility index (Phi) is 6.28. The average molecular weight is 270 g/mol. The van der Waals surface area contributed by atoms with Crippen LogP contribution in [0.1, 0.15) is 59.3 Å². The highest BCUT2D eigenvalue weighted by Crippen LogP contribution is 2.30. The number of hydrogen-bond donors (Lipinski definition) is 2. The molecule has 0 spiro atoms. The van der Waals surface area contributed by atoms with Crippen molar-refractivity contribution in [3.63, 3.8) is 0 Å². The Hall–Kier alpha value is -1.10. The minimum absolute atomic E-state index is 0.182. The molecular weight excluding hydrogens is 244 g/mol. The van der Waals surface area contributed by atoms with Gasteiger partial charge in [0.05, 0.1) is 11.3 Å². The second-order valence-corrected chi connectivity index (χ2v) is 5.57. The van der Waals surface area contributed by atoms with E-state index in [2.05, 4.69) is 17.4 Å². The van der Waals surface area contributed by atoms with Crippen molar-refractivity contribution in [1.82, 2.24) is 5.32 Å². The summed E-state index contributed by atoms with van der Waals surface area (Å²) in [6, 6.07) is 0. The van der Waals surface area contributed by atoms with Crippen LogP contribution in [0, 0.1) is 0 Å². The lowest BCUT2D eigenvalue weighted by Crippen LogP contribution is -2.50. The largest absolute Gasteiger partial charge is 0.388 e. The molecule has 2 N–H and O–H groups in total. The van der Waals surface area contributed by atoms with Crippen molar-refractivity contribution in [2.75, 3.05) is 6.54 Å². The minimum atomic E-state index is -0.699. The van der Waals surface area contributed by atoms with E-state index >= 15 is 0 Å². The van der Waals surface area contributed by atoms with Gasteiger partial charge in [0.1, 0.15) is 0 Å². The molecule has 0 bridgehead atoms. The third-order valence-corrected chi connectivity index (χ3v) is 3.35. The number of oxime groups is 1. The normalized spacial score (nSPS) is 18.1. The molecule has 1 amide bonds. The van der Waals surface area contributed by atoms with Crippen LogP contribution in [0.4, 0.5) is 0 Å². The molecule has 0 radical (unpaired) electrons. The predicted molar refractivity (Wildman–Crippen MR) is 75.0 cm³/mol. The quantitative estimate of drug-likeness (QED) is 0.523. The summed E-state index contributed by atoms with van der Waals surface area (Å²) < 4.78 is 0. The lowest BCUT2D eigenvalue weighted by Gasteiger charge is -2.36. The molecule has 0 aromatic carbocycles. The topological polar surface area (TPSA) is 70.9 Å². The molecule has 0 saturated heterocycles. The van der Waals surface area contributed by atoms with E-state index in [0.29, 0.717) is 13.0 Å². The monoisotopic (exact) mass is 270 g/mol. The van der Waals surface area contributed by atoms with Gasteiger partial charge in [0.25, 0.3) is 5.91 Å². The summed E-state index contributed by atoms with van der Waals surface area (Å²) in [7, 11) is 0. The Morgan fingerprint density at radius 2 is 2.16 bits per heavy atom. The Morgan fingerprint density at radius 1 is 1.47 bits per heavy atom. The van der Waals surface area contributed by atoms with E-state index in [1.54, 1.807) is 0 Å². The fourth-order valence-electron chi connectivity index (χ4n) is 1.92. The number of rotatable bonds is 8. The number of hydrogen-bond acceptors (Lipinski definition) is 4. The maximum absolute atomic E-state index is 12.0. The number of nitrogens with zero attached hydrogens (tertiary/aromatic N) is 1. The van der Waals surface area contributed by atoms with Crippen LogP contribution in [0.25, 0.3) is 0 Å². The highest BCUT2D eigenvalue weighted by Gasteiger charge is 2.35. The van der Waals surface area contributed by atoms with Gasteiger partial charge in [-0.2, -0.15) is 0 Å². The van der Waals surface area contributed by atoms with Crippen molar-refractivity contribution in [3.05, 3.63) is 0 Å². The molecular formula is C14H26N2O3. The second kappa shape index (κ2) is 7.48. The van der Waals surface area contributed by atoms with Crippen molar-refractivity contribution < 1.29 is 14.7 Å². The molecule has 1 rings (SSSR count). The molecule has 5 heteroatoms. The highest BCUT2D eigenvalue weighted by atomic mass is 16.6. The predicted octanol–water partition coefficient (Wildman–Crippen LogP) is 1.99. The van der Waals surface area contributed by atoms with Crippen LogP contribution >= 0.6 is 0 Å². The Labute approximate surface area is 115 Å². The summed E-state index contributed by atoms with van der Waals surface area (Å²) in [6.45, 7) is 6.03. The van der Waals surface area contributed by atoms with Crippen LogP contribution in [0.2, 0.25) is 0 Å². The fourth-order valence-corrected chi connectivity index (χ4v) is 1.92. The molecule has 110 valence electrons. The van der Waals surface area contributed by atoms with Crippen molar-refractivity contribution in [3.8, 4) is 0 Å². The van der Waals surface area contributed by atoms with E-state index in [9.17, 15) is 9.90 Å². The summed E-state index contributed by atoms with van der Waals surface area (Å²) in [5.41, 5.74) is 0.0847. The Morgan fingerprint density at radius 3 is 2.63 bits per heavy atom. The molecule has 5 nitrogen and oxygen atoms in total. The average Bonchev–Trinajstić information content (AvgIpc) is 2.33. The zero-order valence-corrected chi connectivity index (χ0v) is 12.2. The zero-order chi connectivity index (χ0) is 14.3. The van der Waals surface area contributed by atoms with Crippen LogP contribution in [0.3, 0.4) is 0 Å². The van der Waals surface area contributed by atoms with Crippen molar-refractivity contribution >= 4 is 11.6 Å². The standard InChI is InChI=1S/C14H26N2O3/c1-4-5-7-12(19-16-11(2)3)13(17)15-10-14(18)8-6-9-14/h12,18H,4-10H2,1-3H3,(H,15,17). The van der Waals surface area contributed by atoms with Gasteiger partial charge in [0.2, 0.25) is 6.10 Å². The zero-order valence-electron chi connectivity index (χ0n) is 12.2. The van der Waals surface area contributed by atoms with Gasteiger partial charge in [-0.1, -0.05) is 18.5 Å². The molecule has 1 aliphatic carbocycles. The molecule has 0 heterocycles. The van der Waals surface area contributed by atoms with E-state index in [1.807, 2.05) is 13.8 Å². The van der Waals surface area contributed by atoms with Crippen LogP contribution in [0.5, 0.6) is 0 Å². The molecule has 1 atom stereocenters. The van der Waals surface area contributed by atoms with Gasteiger partial charge in [0, 0.05) is 6.54 Å². The lowest BCUT2D eigenvalue weighted by atomic mass is 9.80. The van der Waals surface area contributed by atoms with Crippen LogP contribution in [0.15, 0.2) is 5.16 Å². The van der Waals surface area contributed by atoms with Crippen LogP contribution < -0.4 is 5.32 Å². The fraction of sp³-hybridized carbons (Fsp3) is 0.857. The number of nitrogens with one attached hydrogen (secondary N) is 1. The van der Waals surface area contributed by atoms with Gasteiger partial charge in [-0.25, -0.2) is 0 Å². The number of unbranched alkanes of at least 4 members (excludes halogenated alkanes) is 1. The van der Waals surface area contributed by atoms with Gasteiger partial charge in [-0.05, 0) is 46.0 Å². The first-order chi connectivity index (χ1) is 8.97. The summed E-state index contributed by atoms with van der Waals surface area (Å²) in [4.78, 5) is 17.3. The first-order valence-corrected chi connectivity index (χ1v) is 7.14. The third kappa shape index (κ3) is 5.59. The SMILES string of the molecule is CCCCC(ON=C(C)C)C(=O)NCC1(O)CCC1. The molecule has 0 aromatic heterocycles. The molecule has 1 aliphatic rings. The van der Waals surface area contributed by atoms with Gasteiger partial charge >= 0.3 is 0 Å². The Bertz CT molecular complexity index is 321. The van der Waals surface area contributed by atoms with E-state index in [-0.39, 0.29) is 5.91 Å². The number of aliphatic hydroxyl groups is 1. The van der Waals surface area contributed by atoms with Crippen molar-refractivity contribution in [2.45, 2.75) is 71.0 Å². The smallest absolute Gasteiger partial charge is 0.264 e. The van der Waals surface area contributed by atoms with E-state index < -0.39 is 11.7 Å². The van der Waals surface area contributed by atoms with Gasteiger partial charge in [-0.3, -0.25) is 4.79 Å². The minimum Gasteiger partial charge on any atom is -0.388 e. The van der Waals surface area contributed by atoms with Gasteiger partial charge in [0.15, 0.2) is 0 Å². The summed E-state index contributed by atoms with van der Waals surface area (Å²) in [5, 5.41) is 16.6. The number of carbonyl (C=O) groups is 1. The van der Waals surface area contributed by atoms with Crippen LogP contribution in [-0.4, -0.2) is 35.0 Å². The first-order valence-electron chi connectivity index (χ1n) is 7.14. The molecule has 19 heavy (non-hydrogen) atoms. The Balaban J connectivity index is 2.42. The van der Waals surface area contributed by atoms with E-state index in [1.165, 1.54) is 0 Å². The van der Waals surface area contributed by atoms with Crippen molar-refractivity contribution in [1.29, 1.82) is 0 Å². The maximum atomic E-state index is 12.0. The maximum Gasteiger partial charge on any atom is 0.264 e. The van der Waals surface area contributed by atoms with Crippen LogP contribution in [-0.2, 0) is 9.63 Å². The molecule has 0 aromatic rings. The molecule has 1 saturated carbocycles. The van der Waals surface area contributed by atoms with E-state index in [0.717, 1.165) is 37.8 Å². The van der Waals surface area contributed by atoms with Gasteiger partial charge < -0.3 is 15.3 Å². The van der Waals surface area contributed by atoms with Gasteiger partial charge in [-0.15, -0.1) is 0 Å². The van der Waals surface area contributed by atoms with E-state index in [4.69, 9.17) is 4.84 Å². The molecule has 1 fully saturated rings. The summed E-state index contributed by atoms with van der Waals surface area (Å²) >= 11 is 0. The molecule has 0 aliphatic heterocycles. The molecule has 1 unspecified atom stereocenters. The highest BCUT2D eigenvalue weighted by molar-refractivity contribution is 5.81. The third-order valence-electron chi connectivity index (χ3n) is 3.35. The lowest BCUT2D eigenvalue weighted by molar-refractivity contribution is -0.135.